The summed E-state index contributed by atoms with van der Waals surface area (Å²) < 4.78 is 2.71. The van der Waals surface area contributed by atoms with E-state index in [0.717, 1.165) is 0 Å². The average Bonchev–Trinajstić information content (AvgIpc) is 3.27. The highest BCUT2D eigenvalue weighted by molar-refractivity contribution is 7.26. The molecule has 0 nitrogen and oxygen atoms in total. The van der Waals surface area contributed by atoms with Gasteiger partial charge in [0.2, 0.25) is 0 Å². The number of benzene rings is 5. The highest BCUT2D eigenvalue weighted by Crippen LogP contribution is 2.40. The third-order valence-electron chi connectivity index (χ3n) is 6.84. The number of fused-ring (bicyclic) bond motifs is 3. The first-order valence-corrected chi connectivity index (χ1v) is 13.0. The second-order valence-corrected chi connectivity index (χ2v) is 11.3. The van der Waals surface area contributed by atoms with Gasteiger partial charge in [0.1, 0.15) is 0 Å². The molecule has 0 saturated heterocycles. The molecule has 6 rings (SSSR count). The smallest absolute Gasteiger partial charge is 0.0433 e. The Morgan fingerprint density at radius 3 is 1.80 bits per heavy atom. The lowest BCUT2D eigenvalue weighted by molar-refractivity contribution is 0.590. The van der Waals surface area contributed by atoms with Gasteiger partial charge in [0.05, 0.1) is 0 Å². The predicted octanol–water partition coefficient (Wildman–Crippen LogP) is 10.4. The van der Waals surface area contributed by atoms with E-state index in [4.69, 9.17) is 0 Å². The van der Waals surface area contributed by atoms with Gasteiger partial charge in [0.25, 0.3) is 0 Å². The van der Waals surface area contributed by atoms with Crippen molar-refractivity contribution in [3.05, 3.63) is 121 Å². The fourth-order valence-corrected chi connectivity index (χ4v) is 6.08. The first kappa shape index (κ1) is 21.8. The topological polar surface area (TPSA) is 0 Å². The Morgan fingerprint density at radius 1 is 0.486 bits per heavy atom. The zero-order valence-corrected chi connectivity index (χ0v) is 21.2. The summed E-state index contributed by atoms with van der Waals surface area (Å²) in [7, 11) is 0. The molecular weight excluding hydrogens is 440 g/mol. The predicted molar refractivity (Wildman–Crippen MR) is 154 cm³/mol. The van der Waals surface area contributed by atoms with Crippen molar-refractivity contribution >= 4 is 31.5 Å². The molecule has 0 bridgehead atoms. The molecular formula is C34H28S. The lowest BCUT2D eigenvalue weighted by atomic mass is 9.83. The summed E-state index contributed by atoms with van der Waals surface area (Å²) in [6.45, 7) is 6.86. The first-order chi connectivity index (χ1) is 17.0. The Hall–Kier alpha value is -3.68. The summed E-state index contributed by atoms with van der Waals surface area (Å²) in [6, 6.07) is 42.2. The van der Waals surface area contributed by atoms with E-state index in [1.54, 1.807) is 0 Å². The number of hydrogen-bond donors (Lipinski definition) is 0. The molecule has 0 aliphatic carbocycles. The van der Waals surface area contributed by atoms with E-state index < -0.39 is 0 Å². The van der Waals surface area contributed by atoms with E-state index in [1.807, 2.05) is 11.3 Å². The van der Waals surface area contributed by atoms with Crippen LogP contribution in [0.1, 0.15) is 26.3 Å². The highest BCUT2D eigenvalue weighted by Gasteiger charge is 2.17. The minimum Gasteiger partial charge on any atom is -0.135 e. The third-order valence-corrected chi connectivity index (χ3v) is 8.06. The third kappa shape index (κ3) is 4.07. The SMILES string of the molecule is CC(C)(C)c1cc(-c2ccccc2)cc(-c2ccc(-c3cccc4c3sc3ccccc34)cc2)c1. The molecule has 0 radical (unpaired) electrons. The molecule has 0 saturated carbocycles. The number of thiophene rings is 1. The van der Waals surface area contributed by atoms with Crippen LogP contribution in [0.2, 0.25) is 0 Å². The summed E-state index contributed by atoms with van der Waals surface area (Å²) in [5.74, 6) is 0. The van der Waals surface area contributed by atoms with E-state index in [1.165, 1.54) is 59.1 Å². The Bertz CT molecular complexity index is 1650. The summed E-state index contributed by atoms with van der Waals surface area (Å²) in [5.41, 5.74) is 9.05. The molecule has 0 aliphatic heterocycles. The van der Waals surface area contributed by atoms with Gasteiger partial charge in [-0.3, -0.25) is 0 Å². The van der Waals surface area contributed by atoms with Crippen LogP contribution in [0.15, 0.2) is 115 Å². The van der Waals surface area contributed by atoms with Crippen molar-refractivity contribution in [2.24, 2.45) is 0 Å². The van der Waals surface area contributed by atoms with Gasteiger partial charge in [-0.2, -0.15) is 0 Å². The van der Waals surface area contributed by atoms with Crippen molar-refractivity contribution in [3.8, 4) is 33.4 Å². The van der Waals surface area contributed by atoms with Gasteiger partial charge in [-0.1, -0.05) is 124 Å². The molecule has 1 heterocycles. The van der Waals surface area contributed by atoms with Crippen LogP contribution in [0.4, 0.5) is 0 Å². The van der Waals surface area contributed by atoms with E-state index in [0.29, 0.717) is 0 Å². The highest BCUT2D eigenvalue weighted by atomic mass is 32.1. The van der Waals surface area contributed by atoms with Crippen LogP contribution in [0, 0.1) is 0 Å². The zero-order chi connectivity index (χ0) is 24.0. The second kappa shape index (κ2) is 8.52. The van der Waals surface area contributed by atoms with Gasteiger partial charge in [-0.25, -0.2) is 0 Å². The fourth-order valence-electron chi connectivity index (χ4n) is 4.84. The molecule has 1 heteroatoms. The Kier molecular flexibility index (Phi) is 5.31. The van der Waals surface area contributed by atoms with E-state index >= 15 is 0 Å². The maximum absolute atomic E-state index is 2.36. The maximum atomic E-state index is 2.36. The van der Waals surface area contributed by atoms with Crippen molar-refractivity contribution < 1.29 is 0 Å². The van der Waals surface area contributed by atoms with Crippen LogP contribution in [0.25, 0.3) is 53.6 Å². The van der Waals surface area contributed by atoms with Crippen LogP contribution >= 0.6 is 11.3 Å². The van der Waals surface area contributed by atoms with Crippen molar-refractivity contribution in [1.82, 2.24) is 0 Å². The van der Waals surface area contributed by atoms with Crippen LogP contribution in [-0.2, 0) is 5.41 Å². The minimum atomic E-state index is 0.0797. The van der Waals surface area contributed by atoms with Gasteiger partial charge in [0, 0.05) is 20.2 Å². The van der Waals surface area contributed by atoms with Gasteiger partial charge in [0.15, 0.2) is 0 Å². The standard InChI is InChI=1S/C34H28S/c1-34(2,3)28-21-26(23-10-5-4-6-11-23)20-27(22-28)24-16-18-25(19-17-24)29-13-9-14-31-30-12-7-8-15-32(30)35-33(29)31/h4-22H,1-3H3. The molecule has 0 unspecified atom stereocenters. The van der Waals surface area contributed by atoms with Crippen LogP contribution < -0.4 is 0 Å². The summed E-state index contributed by atoms with van der Waals surface area (Å²) >= 11 is 1.89. The second-order valence-electron chi connectivity index (χ2n) is 10.3. The molecule has 6 aromatic rings. The normalized spacial score (nSPS) is 11.9. The van der Waals surface area contributed by atoms with E-state index in [-0.39, 0.29) is 5.41 Å². The molecule has 0 spiro atoms. The summed E-state index contributed by atoms with van der Waals surface area (Å²) in [4.78, 5) is 0. The summed E-state index contributed by atoms with van der Waals surface area (Å²) in [5, 5.41) is 2.69. The van der Waals surface area contributed by atoms with Crippen molar-refractivity contribution in [3.63, 3.8) is 0 Å². The van der Waals surface area contributed by atoms with Gasteiger partial charge in [-0.15, -0.1) is 11.3 Å². The minimum absolute atomic E-state index is 0.0797. The fraction of sp³-hybridized carbons (Fsp3) is 0.118. The Balaban J connectivity index is 1.44. The number of hydrogen-bond acceptors (Lipinski definition) is 1. The van der Waals surface area contributed by atoms with Crippen molar-refractivity contribution in [2.45, 2.75) is 26.2 Å². The molecule has 0 N–H and O–H groups in total. The largest absolute Gasteiger partial charge is 0.135 e. The van der Waals surface area contributed by atoms with Gasteiger partial charge >= 0.3 is 0 Å². The zero-order valence-electron chi connectivity index (χ0n) is 20.4. The molecule has 170 valence electrons. The first-order valence-electron chi connectivity index (χ1n) is 12.2. The number of rotatable bonds is 3. The molecule has 0 aliphatic rings. The van der Waals surface area contributed by atoms with Crippen molar-refractivity contribution in [1.29, 1.82) is 0 Å². The monoisotopic (exact) mass is 468 g/mol. The molecule has 5 aromatic carbocycles. The van der Waals surface area contributed by atoms with Crippen LogP contribution in [-0.4, -0.2) is 0 Å². The average molecular weight is 469 g/mol. The Morgan fingerprint density at radius 2 is 1.09 bits per heavy atom. The van der Waals surface area contributed by atoms with Crippen LogP contribution in [0.3, 0.4) is 0 Å². The van der Waals surface area contributed by atoms with Crippen molar-refractivity contribution in [2.75, 3.05) is 0 Å². The molecule has 0 atom stereocenters. The molecule has 0 fully saturated rings. The summed E-state index contributed by atoms with van der Waals surface area (Å²) in [6.07, 6.45) is 0. The molecule has 1 aromatic heterocycles. The quantitative estimate of drug-likeness (QED) is 0.242. The lowest BCUT2D eigenvalue weighted by Crippen LogP contribution is -2.11. The van der Waals surface area contributed by atoms with Gasteiger partial charge in [-0.05, 0) is 56.5 Å². The molecule has 35 heavy (non-hydrogen) atoms. The Labute approximate surface area is 211 Å². The van der Waals surface area contributed by atoms with E-state index in [9.17, 15) is 0 Å². The van der Waals surface area contributed by atoms with Crippen LogP contribution in [0.5, 0.6) is 0 Å². The maximum Gasteiger partial charge on any atom is 0.0433 e. The van der Waals surface area contributed by atoms with Gasteiger partial charge < -0.3 is 0 Å². The van der Waals surface area contributed by atoms with E-state index in [2.05, 4.69) is 136 Å². The molecule has 0 amide bonds. The lowest BCUT2D eigenvalue weighted by Gasteiger charge is -2.22.